The Balaban J connectivity index is 1.54. The minimum Gasteiger partial charge on any atom is -0.378 e. The molecule has 1 aromatic heterocycles. The lowest BCUT2D eigenvalue weighted by atomic mass is 10.1. The number of amides is 3. The summed E-state index contributed by atoms with van der Waals surface area (Å²) in [6, 6.07) is 10.4. The minimum absolute atomic E-state index is 0.0873. The number of hydrogen-bond acceptors (Lipinski definition) is 5. The van der Waals surface area contributed by atoms with E-state index in [2.05, 4.69) is 10.6 Å². The van der Waals surface area contributed by atoms with Crippen molar-refractivity contribution in [3.63, 3.8) is 0 Å². The largest absolute Gasteiger partial charge is 0.378 e. The Morgan fingerprint density at radius 3 is 2.63 bits per heavy atom. The van der Waals surface area contributed by atoms with Gasteiger partial charge in [-0.1, -0.05) is 6.07 Å². The second-order valence-electron chi connectivity index (χ2n) is 6.13. The molecule has 0 aliphatic carbocycles. The van der Waals surface area contributed by atoms with Gasteiger partial charge >= 0.3 is 0 Å². The summed E-state index contributed by atoms with van der Waals surface area (Å²) in [6.45, 7) is 3.96. The number of nitrogens with one attached hydrogen (secondary N) is 2. The normalized spacial score (nSPS) is 13.9. The fourth-order valence-corrected chi connectivity index (χ4v) is 3.47. The average Bonchev–Trinajstić information content (AvgIpc) is 3.13. The van der Waals surface area contributed by atoms with E-state index in [0.717, 1.165) is 4.88 Å². The van der Waals surface area contributed by atoms with Crippen molar-refractivity contribution >= 4 is 34.7 Å². The molecular formula is C19H21N3O4S. The zero-order chi connectivity index (χ0) is 19.2. The number of carbonyl (C=O) groups is 3. The highest BCUT2D eigenvalue weighted by Crippen LogP contribution is 2.15. The topological polar surface area (TPSA) is 87.7 Å². The van der Waals surface area contributed by atoms with Gasteiger partial charge < -0.3 is 20.3 Å². The molecule has 1 fully saturated rings. The van der Waals surface area contributed by atoms with Crippen molar-refractivity contribution in [3.8, 4) is 0 Å². The second kappa shape index (κ2) is 8.79. The molecule has 8 heteroatoms. The molecule has 0 atom stereocenters. The maximum absolute atomic E-state index is 12.5. The van der Waals surface area contributed by atoms with E-state index in [1.807, 2.05) is 13.0 Å². The van der Waals surface area contributed by atoms with Crippen LogP contribution in [0.5, 0.6) is 0 Å². The Bertz CT molecular complexity index is 843. The van der Waals surface area contributed by atoms with Crippen LogP contribution >= 0.6 is 11.3 Å². The summed E-state index contributed by atoms with van der Waals surface area (Å²) < 4.78 is 5.26. The van der Waals surface area contributed by atoms with Gasteiger partial charge in [-0.05, 0) is 37.3 Å². The van der Waals surface area contributed by atoms with Crippen molar-refractivity contribution in [3.05, 3.63) is 51.7 Å². The van der Waals surface area contributed by atoms with Crippen molar-refractivity contribution in [2.24, 2.45) is 0 Å². The number of thiophene rings is 1. The molecule has 1 aromatic carbocycles. The van der Waals surface area contributed by atoms with Crippen LogP contribution < -0.4 is 10.6 Å². The van der Waals surface area contributed by atoms with Crippen LogP contribution in [0.2, 0.25) is 0 Å². The molecule has 0 unspecified atom stereocenters. The summed E-state index contributed by atoms with van der Waals surface area (Å²) in [5.74, 6) is -0.720. The third-order valence-electron chi connectivity index (χ3n) is 4.07. The maximum Gasteiger partial charge on any atom is 0.261 e. The van der Waals surface area contributed by atoms with Crippen LogP contribution in [0.25, 0.3) is 0 Å². The van der Waals surface area contributed by atoms with Gasteiger partial charge in [0.15, 0.2) is 0 Å². The smallest absolute Gasteiger partial charge is 0.261 e. The van der Waals surface area contributed by atoms with E-state index in [1.165, 1.54) is 11.3 Å². The van der Waals surface area contributed by atoms with E-state index in [9.17, 15) is 14.4 Å². The average molecular weight is 387 g/mol. The number of aryl methyl sites for hydroxylation is 1. The predicted octanol–water partition coefficient (Wildman–Crippen LogP) is 1.90. The van der Waals surface area contributed by atoms with E-state index in [-0.39, 0.29) is 24.3 Å². The standard InChI is InChI=1S/C19H21N3O4S/c1-13-5-6-16(27-13)18(24)20-12-17(23)21-15-4-2-3-14(11-15)19(25)22-7-9-26-10-8-22/h2-6,11H,7-10,12H2,1H3,(H,20,24)(H,21,23). The molecule has 1 aliphatic heterocycles. The fourth-order valence-electron chi connectivity index (χ4n) is 2.69. The van der Waals surface area contributed by atoms with Gasteiger partial charge in [-0.3, -0.25) is 14.4 Å². The van der Waals surface area contributed by atoms with Crippen molar-refractivity contribution < 1.29 is 19.1 Å². The Morgan fingerprint density at radius 1 is 1.15 bits per heavy atom. The third-order valence-corrected chi connectivity index (χ3v) is 5.06. The highest BCUT2D eigenvalue weighted by Gasteiger charge is 2.19. The lowest BCUT2D eigenvalue weighted by molar-refractivity contribution is -0.115. The first-order valence-corrected chi connectivity index (χ1v) is 9.46. The Morgan fingerprint density at radius 2 is 1.93 bits per heavy atom. The van der Waals surface area contributed by atoms with Crippen LogP contribution in [-0.2, 0) is 9.53 Å². The second-order valence-corrected chi connectivity index (χ2v) is 7.41. The van der Waals surface area contributed by atoms with Crippen LogP contribution in [0, 0.1) is 6.92 Å². The highest BCUT2D eigenvalue weighted by atomic mass is 32.1. The molecule has 0 spiro atoms. The first-order chi connectivity index (χ1) is 13.0. The molecular weight excluding hydrogens is 366 g/mol. The molecule has 2 heterocycles. The molecule has 2 N–H and O–H groups in total. The molecule has 3 rings (SSSR count). The van der Waals surface area contributed by atoms with Gasteiger partial charge in [0.2, 0.25) is 5.91 Å². The molecule has 142 valence electrons. The number of hydrogen-bond donors (Lipinski definition) is 2. The summed E-state index contributed by atoms with van der Waals surface area (Å²) in [6.07, 6.45) is 0. The number of ether oxygens (including phenoxy) is 1. The van der Waals surface area contributed by atoms with Gasteiger partial charge in [0, 0.05) is 29.2 Å². The zero-order valence-electron chi connectivity index (χ0n) is 15.0. The van der Waals surface area contributed by atoms with E-state index in [0.29, 0.717) is 42.4 Å². The molecule has 7 nitrogen and oxygen atoms in total. The molecule has 0 saturated carbocycles. The molecule has 3 amide bonds. The fraction of sp³-hybridized carbons (Fsp3) is 0.316. The van der Waals surface area contributed by atoms with Gasteiger partial charge in [-0.15, -0.1) is 11.3 Å². The number of benzene rings is 1. The van der Waals surface area contributed by atoms with Gasteiger partial charge in [0.05, 0.1) is 24.6 Å². The Hall–Kier alpha value is -2.71. The van der Waals surface area contributed by atoms with Gasteiger partial charge in [-0.25, -0.2) is 0 Å². The monoisotopic (exact) mass is 387 g/mol. The minimum atomic E-state index is -0.354. The lowest BCUT2D eigenvalue weighted by Gasteiger charge is -2.27. The van der Waals surface area contributed by atoms with Crippen molar-refractivity contribution in [1.29, 1.82) is 0 Å². The zero-order valence-corrected chi connectivity index (χ0v) is 15.8. The SMILES string of the molecule is Cc1ccc(C(=O)NCC(=O)Nc2cccc(C(=O)N3CCOCC3)c2)s1. The molecule has 1 saturated heterocycles. The van der Waals surface area contributed by atoms with Gasteiger partial charge in [-0.2, -0.15) is 0 Å². The Kier molecular flexibility index (Phi) is 6.20. The molecule has 0 radical (unpaired) electrons. The molecule has 2 aromatic rings. The van der Waals surface area contributed by atoms with Crippen LogP contribution in [0.4, 0.5) is 5.69 Å². The lowest BCUT2D eigenvalue weighted by Crippen LogP contribution is -2.40. The first kappa shape index (κ1) is 19.1. The molecule has 27 heavy (non-hydrogen) atoms. The van der Waals surface area contributed by atoms with E-state index in [1.54, 1.807) is 35.2 Å². The summed E-state index contributed by atoms with van der Waals surface area (Å²) in [4.78, 5) is 39.9. The summed E-state index contributed by atoms with van der Waals surface area (Å²) >= 11 is 1.38. The first-order valence-electron chi connectivity index (χ1n) is 8.64. The molecule has 0 bridgehead atoms. The van der Waals surface area contributed by atoms with Crippen LogP contribution in [-0.4, -0.2) is 55.5 Å². The summed E-state index contributed by atoms with van der Waals surface area (Å²) in [7, 11) is 0. The van der Waals surface area contributed by atoms with Gasteiger partial charge in [0.1, 0.15) is 0 Å². The predicted molar refractivity (Wildman–Crippen MR) is 103 cm³/mol. The van der Waals surface area contributed by atoms with Crippen LogP contribution in [0.1, 0.15) is 24.9 Å². The third kappa shape index (κ3) is 5.15. The van der Waals surface area contributed by atoms with Crippen molar-refractivity contribution in [2.75, 3.05) is 38.2 Å². The highest BCUT2D eigenvalue weighted by molar-refractivity contribution is 7.13. The van der Waals surface area contributed by atoms with E-state index >= 15 is 0 Å². The quantitative estimate of drug-likeness (QED) is 0.820. The van der Waals surface area contributed by atoms with Crippen molar-refractivity contribution in [1.82, 2.24) is 10.2 Å². The summed E-state index contributed by atoms with van der Waals surface area (Å²) in [5, 5.41) is 5.30. The van der Waals surface area contributed by atoms with Crippen molar-refractivity contribution in [2.45, 2.75) is 6.92 Å². The number of rotatable bonds is 5. The van der Waals surface area contributed by atoms with Gasteiger partial charge in [0.25, 0.3) is 11.8 Å². The van der Waals surface area contributed by atoms with Crippen LogP contribution in [0.3, 0.4) is 0 Å². The Labute approximate surface area is 161 Å². The van der Waals surface area contributed by atoms with E-state index < -0.39 is 0 Å². The number of morpholine rings is 1. The van der Waals surface area contributed by atoms with Crippen LogP contribution in [0.15, 0.2) is 36.4 Å². The summed E-state index contributed by atoms with van der Waals surface area (Å²) in [5.41, 5.74) is 1.02. The number of anilines is 1. The maximum atomic E-state index is 12.5. The molecule has 1 aliphatic rings. The van der Waals surface area contributed by atoms with E-state index in [4.69, 9.17) is 4.74 Å². The number of nitrogens with zero attached hydrogens (tertiary/aromatic N) is 1. The number of carbonyl (C=O) groups excluding carboxylic acids is 3.